The Kier molecular flexibility index (Phi) is 6.22. The van der Waals surface area contributed by atoms with Gasteiger partial charge in [0.1, 0.15) is 17.1 Å². The highest BCUT2D eigenvalue weighted by atomic mass is 16.5. The molecule has 2 heterocycles. The Morgan fingerprint density at radius 1 is 1.14 bits per heavy atom. The molecule has 6 nitrogen and oxygen atoms in total. The van der Waals surface area contributed by atoms with Crippen LogP contribution in [0, 0.1) is 0 Å². The number of aromatic nitrogens is 2. The van der Waals surface area contributed by atoms with Crippen molar-refractivity contribution in [1.82, 2.24) is 9.97 Å². The summed E-state index contributed by atoms with van der Waals surface area (Å²) in [6.07, 6.45) is 4.30. The smallest absolute Gasteiger partial charge is 0.254 e. The second-order valence-electron chi connectivity index (χ2n) is 6.38. The minimum Gasteiger partial charge on any atom is -0.438 e. The number of pyridine rings is 2. The van der Waals surface area contributed by atoms with Crippen LogP contribution in [0.1, 0.15) is 41.9 Å². The van der Waals surface area contributed by atoms with E-state index >= 15 is 0 Å². The van der Waals surface area contributed by atoms with Gasteiger partial charge in [-0.1, -0.05) is 26.3 Å². The number of nitrogens with one attached hydrogen (secondary N) is 1. The van der Waals surface area contributed by atoms with Crippen molar-refractivity contribution < 1.29 is 9.53 Å². The molecule has 3 N–H and O–H groups in total. The van der Waals surface area contributed by atoms with E-state index in [9.17, 15) is 4.79 Å². The third-order valence-corrected chi connectivity index (χ3v) is 4.30. The number of hydrogen-bond acceptors (Lipinski definition) is 5. The van der Waals surface area contributed by atoms with Crippen LogP contribution in [-0.4, -0.2) is 15.9 Å². The van der Waals surface area contributed by atoms with Crippen molar-refractivity contribution in [3.8, 4) is 11.6 Å². The molecule has 1 amide bonds. The van der Waals surface area contributed by atoms with Crippen molar-refractivity contribution in [1.29, 1.82) is 0 Å². The average Bonchev–Trinajstić information content (AvgIpc) is 2.70. The normalized spacial score (nSPS) is 10.5. The summed E-state index contributed by atoms with van der Waals surface area (Å²) < 4.78 is 5.91. The highest BCUT2D eigenvalue weighted by Gasteiger charge is 2.16. The molecule has 144 valence electrons. The molecule has 0 aliphatic rings. The second-order valence-corrected chi connectivity index (χ2v) is 6.38. The summed E-state index contributed by atoms with van der Waals surface area (Å²) in [5.41, 5.74) is 8.69. The van der Waals surface area contributed by atoms with E-state index in [-0.39, 0.29) is 5.88 Å². The molecule has 0 atom stereocenters. The zero-order chi connectivity index (χ0) is 19.9. The van der Waals surface area contributed by atoms with Gasteiger partial charge in [0.25, 0.3) is 5.91 Å². The predicted octanol–water partition coefficient (Wildman–Crippen LogP) is 4.63. The Bertz CT molecular complexity index is 941. The highest BCUT2D eigenvalue weighted by molar-refractivity contribution is 5.95. The quantitative estimate of drug-likeness (QED) is 0.598. The van der Waals surface area contributed by atoms with Crippen LogP contribution >= 0.6 is 0 Å². The van der Waals surface area contributed by atoms with Crippen molar-refractivity contribution >= 4 is 17.4 Å². The first kappa shape index (κ1) is 19.4. The maximum absolute atomic E-state index is 11.9. The maximum atomic E-state index is 11.9. The van der Waals surface area contributed by atoms with Crippen LogP contribution in [0.15, 0.2) is 54.7 Å². The molecule has 0 saturated heterocycles. The number of hydrogen-bond donors (Lipinski definition) is 2. The summed E-state index contributed by atoms with van der Waals surface area (Å²) in [7, 11) is 0. The number of nitrogens with two attached hydrogens (primary N) is 1. The number of carbonyl (C=O) groups is 1. The van der Waals surface area contributed by atoms with Gasteiger partial charge in [-0.2, -0.15) is 0 Å². The van der Waals surface area contributed by atoms with Crippen LogP contribution in [0.3, 0.4) is 0 Å². The Hall–Kier alpha value is -3.41. The summed E-state index contributed by atoms with van der Waals surface area (Å²) in [6.45, 7) is 4.13. The minimum atomic E-state index is -0.548. The van der Waals surface area contributed by atoms with Crippen LogP contribution in [0.5, 0.6) is 11.6 Å². The summed E-state index contributed by atoms with van der Waals surface area (Å²) in [5, 5.41) is 3.21. The number of rotatable bonds is 8. The SMILES string of the molecule is CCCc1nc(Oc2ccc(Nc3ccccn3)cc2)c(C(N)=O)cc1CC. The van der Waals surface area contributed by atoms with Gasteiger partial charge >= 0.3 is 0 Å². The number of ether oxygens (including phenoxy) is 1. The van der Waals surface area contributed by atoms with Gasteiger partial charge in [0.2, 0.25) is 5.88 Å². The van der Waals surface area contributed by atoms with Crippen molar-refractivity contribution in [3.63, 3.8) is 0 Å². The second kappa shape index (κ2) is 8.99. The van der Waals surface area contributed by atoms with Gasteiger partial charge in [-0.25, -0.2) is 9.97 Å². The van der Waals surface area contributed by atoms with E-state index in [0.29, 0.717) is 11.3 Å². The molecule has 1 aromatic carbocycles. The Labute approximate surface area is 164 Å². The van der Waals surface area contributed by atoms with E-state index in [1.165, 1.54) is 0 Å². The van der Waals surface area contributed by atoms with Gasteiger partial charge in [-0.15, -0.1) is 0 Å². The molecule has 2 aromatic heterocycles. The number of carbonyl (C=O) groups excluding carboxylic acids is 1. The molecule has 0 spiro atoms. The van der Waals surface area contributed by atoms with Gasteiger partial charge in [-0.05, 0) is 60.9 Å². The summed E-state index contributed by atoms with van der Waals surface area (Å²) in [6, 6.07) is 14.8. The van der Waals surface area contributed by atoms with Gasteiger partial charge < -0.3 is 15.8 Å². The molecule has 0 aliphatic heterocycles. The first-order chi connectivity index (χ1) is 13.6. The third-order valence-electron chi connectivity index (χ3n) is 4.30. The van der Waals surface area contributed by atoms with Gasteiger partial charge in [0, 0.05) is 17.6 Å². The number of anilines is 2. The lowest BCUT2D eigenvalue weighted by atomic mass is 10.0. The molecule has 0 radical (unpaired) electrons. The van der Waals surface area contributed by atoms with Crippen LogP contribution in [0.25, 0.3) is 0 Å². The molecule has 0 aliphatic carbocycles. The molecular weight excluding hydrogens is 352 g/mol. The zero-order valence-corrected chi connectivity index (χ0v) is 16.1. The number of aryl methyl sites for hydroxylation is 2. The lowest BCUT2D eigenvalue weighted by Gasteiger charge is -2.14. The Morgan fingerprint density at radius 2 is 1.93 bits per heavy atom. The fourth-order valence-electron chi connectivity index (χ4n) is 2.89. The molecule has 28 heavy (non-hydrogen) atoms. The standard InChI is InChI=1S/C22H24N4O2/c1-3-7-19-15(4-2)14-18(21(23)27)22(26-19)28-17-11-9-16(10-12-17)25-20-8-5-6-13-24-20/h5-6,8-14H,3-4,7H2,1-2H3,(H2,23,27)(H,24,25). The van der Waals surface area contributed by atoms with Gasteiger partial charge in [0.15, 0.2) is 0 Å². The molecule has 0 bridgehead atoms. The molecule has 0 fully saturated rings. The largest absolute Gasteiger partial charge is 0.438 e. The average molecular weight is 376 g/mol. The topological polar surface area (TPSA) is 90.1 Å². The molecule has 0 saturated carbocycles. The first-order valence-electron chi connectivity index (χ1n) is 9.39. The molecular formula is C22H24N4O2. The van der Waals surface area contributed by atoms with Gasteiger partial charge in [0.05, 0.1) is 0 Å². The van der Waals surface area contributed by atoms with Crippen molar-refractivity contribution in [2.75, 3.05) is 5.32 Å². The van der Waals surface area contributed by atoms with Crippen molar-refractivity contribution in [2.24, 2.45) is 5.73 Å². The van der Waals surface area contributed by atoms with E-state index in [2.05, 4.69) is 22.2 Å². The highest BCUT2D eigenvalue weighted by Crippen LogP contribution is 2.28. The number of nitrogens with zero attached hydrogens (tertiary/aromatic N) is 2. The van der Waals surface area contributed by atoms with E-state index in [0.717, 1.165) is 42.0 Å². The zero-order valence-electron chi connectivity index (χ0n) is 16.1. The fourth-order valence-corrected chi connectivity index (χ4v) is 2.89. The molecule has 3 aromatic rings. The molecule has 0 unspecified atom stereocenters. The molecule has 3 rings (SSSR count). The number of amides is 1. The van der Waals surface area contributed by atoms with E-state index < -0.39 is 5.91 Å². The number of primary amides is 1. The summed E-state index contributed by atoms with van der Waals surface area (Å²) in [5.74, 6) is 1.04. The summed E-state index contributed by atoms with van der Waals surface area (Å²) >= 11 is 0. The maximum Gasteiger partial charge on any atom is 0.254 e. The predicted molar refractivity (Wildman–Crippen MR) is 110 cm³/mol. The molecule has 6 heteroatoms. The van der Waals surface area contributed by atoms with E-state index in [4.69, 9.17) is 10.5 Å². The van der Waals surface area contributed by atoms with E-state index in [1.807, 2.05) is 49.4 Å². The Morgan fingerprint density at radius 3 is 2.54 bits per heavy atom. The van der Waals surface area contributed by atoms with Crippen LogP contribution in [0.4, 0.5) is 11.5 Å². The lowest BCUT2D eigenvalue weighted by molar-refractivity contribution is 0.0997. The monoisotopic (exact) mass is 376 g/mol. The van der Waals surface area contributed by atoms with Crippen LogP contribution in [0.2, 0.25) is 0 Å². The van der Waals surface area contributed by atoms with Crippen LogP contribution < -0.4 is 15.8 Å². The van der Waals surface area contributed by atoms with E-state index in [1.54, 1.807) is 12.3 Å². The van der Waals surface area contributed by atoms with Gasteiger partial charge in [-0.3, -0.25) is 4.79 Å². The first-order valence-corrected chi connectivity index (χ1v) is 9.39. The fraction of sp³-hybridized carbons (Fsp3) is 0.227. The van der Waals surface area contributed by atoms with Crippen molar-refractivity contribution in [2.45, 2.75) is 33.1 Å². The third kappa shape index (κ3) is 4.65. The van der Waals surface area contributed by atoms with Crippen LogP contribution in [-0.2, 0) is 12.8 Å². The Balaban J connectivity index is 1.84. The minimum absolute atomic E-state index is 0.249. The number of benzene rings is 1. The van der Waals surface area contributed by atoms with Crippen molar-refractivity contribution in [3.05, 3.63) is 71.5 Å². The summed E-state index contributed by atoms with van der Waals surface area (Å²) in [4.78, 5) is 20.7. The lowest BCUT2D eigenvalue weighted by Crippen LogP contribution is -2.15.